The average molecular weight is 954 g/mol. The predicted octanol–water partition coefficient (Wildman–Crippen LogP) is 15.2. The van der Waals surface area contributed by atoms with Gasteiger partial charge in [0, 0.05) is 23.9 Å². The summed E-state index contributed by atoms with van der Waals surface area (Å²) in [5, 5.41) is 0. The Balaban J connectivity index is -0.000000219. The van der Waals surface area contributed by atoms with Gasteiger partial charge in [-0.25, -0.2) is 0 Å². The summed E-state index contributed by atoms with van der Waals surface area (Å²) in [6.07, 6.45) is 41.2. The van der Waals surface area contributed by atoms with Crippen LogP contribution in [-0.4, -0.2) is 78.9 Å². The van der Waals surface area contributed by atoms with Crippen LogP contribution in [0, 0.1) is 6.92 Å². The van der Waals surface area contributed by atoms with Gasteiger partial charge in [-0.1, -0.05) is 259 Å². The Morgan fingerprint density at radius 2 is 0.500 bits per heavy atom. The fourth-order valence-corrected chi connectivity index (χ4v) is 5.70. The molecule has 0 aromatic heterocycles. The van der Waals surface area contributed by atoms with Crippen molar-refractivity contribution in [3.05, 3.63) is 6.92 Å². The molecule has 0 atom stereocenters. The van der Waals surface area contributed by atoms with Gasteiger partial charge in [0.2, 0.25) is 0 Å². The molecular weight excluding hydrogens is 863 g/mol. The van der Waals surface area contributed by atoms with Gasteiger partial charge in [-0.2, -0.15) is 0 Å². The third kappa shape index (κ3) is 71.9. The van der Waals surface area contributed by atoms with Gasteiger partial charge in [0.15, 0.2) is 0 Å². The van der Waals surface area contributed by atoms with Gasteiger partial charge >= 0.3 is 17.9 Å². The molecule has 0 spiro atoms. The number of rotatable bonds is 37. The molecule has 0 aromatic rings. The fraction of sp³-hybridized carbons (Fsp3) is 0.913. The van der Waals surface area contributed by atoms with Crippen molar-refractivity contribution in [2.24, 2.45) is 0 Å². The maximum Gasteiger partial charge on any atom is 0.316 e. The van der Waals surface area contributed by atoms with Gasteiger partial charge in [0.25, 0.3) is 0 Å². The molecule has 0 bridgehead atoms. The summed E-state index contributed by atoms with van der Waals surface area (Å²) in [6, 6.07) is 0. The van der Waals surface area contributed by atoms with Gasteiger partial charge in [-0.15, -0.1) is 0 Å². The molecule has 0 saturated carbocycles. The smallest absolute Gasteiger partial charge is 0.316 e. The Bertz CT molecular complexity index is 641. The standard InChI is InChI=1S/3C14H27O2S.C4H9.Sn/c3*1-2-3-4-5-6-7-8-9-10-11-12-16-14(15)13-17;1-3-4-2;/h3*2-13H2,1H3;1,3-4H2,2H3;. The molecule has 0 N–H and O–H groups in total. The first-order chi connectivity index (χ1) is 26.8. The number of ether oxygens (including phenoxy) is 3. The summed E-state index contributed by atoms with van der Waals surface area (Å²) in [7, 11) is 0. The molecule has 0 aliphatic heterocycles. The van der Waals surface area contributed by atoms with Crippen LogP contribution in [0.2, 0.25) is 0 Å². The van der Waals surface area contributed by atoms with Crippen LogP contribution >= 0.6 is 37.9 Å². The van der Waals surface area contributed by atoms with E-state index in [1.807, 2.05) is 0 Å². The molecule has 0 saturated heterocycles. The first-order valence-electron chi connectivity index (χ1n) is 22.8. The maximum absolute atomic E-state index is 10.7. The maximum atomic E-state index is 10.7. The summed E-state index contributed by atoms with van der Waals surface area (Å²) in [5.74, 6) is -0.518. The summed E-state index contributed by atoms with van der Waals surface area (Å²) >= 11 is 13.7. The van der Waals surface area contributed by atoms with Crippen LogP contribution in [0.25, 0.3) is 0 Å². The second-order valence-corrected chi connectivity index (χ2v) is 15.4. The van der Waals surface area contributed by atoms with Crippen molar-refractivity contribution in [1.29, 1.82) is 0 Å². The second-order valence-electron chi connectivity index (χ2n) is 14.5. The molecule has 10 heteroatoms. The molecule has 0 aliphatic carbocycles. The largest absolute Gasteiger partial charge is 0.465 e. The number of hydrogen-bond donors (Lipinski definition) is 0. The number of esters is 3. The first-order valence-corrected chi connectivity index (χ1v) is 24.6. The molecule has 332 valence electrons. The molecule has 0 amide bonds. The molecule has 0 aliphatic rings. The Morgan fingerprint density at radius 1 is 0.339 bits per heavy atom. The van der Waals surface area contributed by atoms with E-state index in [9.17, 15) is 14.4 Å². The summed E-state index contributed by atoms with van der Waals surface area (Å²) in [6.45, 7) is 14.1. The van der Waals surface area contributed by atoms with Gasteiger partial charge in [0.1, 0.15) is 17.3 Å². The fourth-order valence-electron chi connectivity index (χ4n) is 5.45. The third-order valence-corrected chi connectivity index (χ3v) is 9.70. The number of hydrogen-bond acceptors (Lipinski definition) is 6. The van der Waals surface area contributed by atoms with Crippen molar-refractivity contribution in [2.75, 3.05) is 37.1 Å². The van der Waals surface area contributed by atoms with Crippen LogP contribution in [0.5, 0.6) is 0 Å². The molecule has 6 nitrogen and oxygen atoms in total. The van der Waals surface area contributed by atoms with Crippen molar-refractivity contribution in [1.82, 2.24) is 0 Å². The van der Waals surface area contributed by atoms with E-state index in [0.717, 1.165) is 25.7 Å². The van der Waals surface area contributed by atoms with Gasteiger partial charge in [-0.3, -0.25) is 14.4 Å². The van der Waals surface area contributed by atoms with Gasteiger partial charge in [-0.05, 0) is 19.3 Å². The number of carbonyl (C=O) groups is 3. The van der Waals surface area contributed by atoms with E-state index < -0.39 is 0 Å². The van der Waals surface area contributed by atoms with Crippen LogP contribution in [0.1, 0.15) is 233 Å². The molecule has 0 heterocycles. The Hall–Kier alpha value is 0.259. The van der Waals surface area contributed by atoms with Crippen molar-refractivity contribution >= 4 is 79.7 Å². The minimum absolute atomic E-state index is 0. The van der Waals surface area contributed by atoms with Crippen molar-refractivity contribution in [2.45, 2.75) is 233 Å². The van der Waals surface area contributed by atoms with E-state index in [-0.39, 0.29) is 59.1 Å². The van der Waals surface area contributed by atoms with E-state index in [2.05, 4.69) is 72.5 Å². The van der Waals surface area contributed by atoms with Crippen LogP contribution in [0.15, 0.2) is 0 Å². The molecule has 0 aromatic carbocycles. The Morgan fingerprint density at radius 3 is 0.643 bits per heavy atom. The van der Waals surface area contributed by atoms with Crippen molar-refractivity contribution in [3.8, 4) is 0 Å². The zero-order valence-electron chi connectivity index (χ0n) is 37.3. The molecular formula is C46H90O6S3Sn. The van der Waals surface area contributed by atoms with Crippen LogP contribution < -0.4 is 0 Å². The summed E-state index contributed by atoms with van der Waals surface area (Å²) < 4.78 is 14.8. The quantitative estimate of drug-likeness (QED) is 0.0267. The zero-order valence-corrected chi connectivity index (χ0v) is 42.6. The van der Waals surface area contributed by atoms with E-state index in [1.54, 1.807) is 0 Å². The number of carbonyl (C=O) groups excluding carboxylic acids is 3. The van der Waals surface area contributed by atoms with E-state index in [1.165, 1.54) is 180 Å². The normalized spacial score (nSPS) is 10.1. The van der Waals surface area contributed by atoms with Crippen LogP contribution in [0.3, 0.4) is 0 Å². The second kappa shape index (κ2) is 64.4. The van der Waals surface area contributed by atoms with Gasteiger partial charge in [0.05, 0.1) is 19.8 Å². The topological polar surface area (TPSA) is 78.9 Å². The van der Waals surface area contributed by atoms with Crippen LogP contribution in [0.4, 0.5) is 0 Å². The van der Waals surface area contributed by atoms with Gasteiger partial charge < -0.3 is 14.2 Å². The number of unbranched alkanes of at least 4 members (excludes halogenated alkanes) is 28. The third-order valence-electron chi connectivity index (χ3n) is 8.99. The molecule has 0 fully saturated rings. The van der Waals surface area contributed by atoms with Crippen molar-refractivity contribution < 1.29 is 28.6 Å². The summed E-state index contributed by atoms with van der Waals surface area (Å²) in [5.41, 5.74) is 0. The average Bonchev–Trinajstić information content (AvgIpc) is 3.21. The SMILES string of the molecule is CCCCCCCCCCCCOC(=O)C[S].CCCCCCCCCCCCOC(=O)C[S].CCCCCCCCCCCCOC(=O)C[S].[CH2]CCC.[Sn]. The van der Waals surface area contributed by atoms with E-state index in [4.69, 9.17) is 14.2 Å². The molecule has 0 rings (SSSR count). The van der Waals surface area contributed by atoms with E-state index >= 15 is 0 Å². The minimum atomic E-state index is -0.254. The Kier molecular flexibility index (Phi) is 75.2. The van der Waals surface area contributed by atoms with Crippen molar-refractivity contribution in [3.63, 3.8) is 0 Å². The summed E-state index contributed by atoms with van der Waals surface area (Å²) in [4.78, 5) is 32.2. The van der Waals surface area contributed by atoms with E-state index in [0.29, 0.717) is 19.8 Å². The molecule has 8 radical (unpaired) electrons. The Labute approximate surface area is 383 Å². The molecule has 56 heavy (non-hydrogen) atoms. The predicted molar refractivity (Wildman–Crippen MR) is 252 cm³/mol. The van der Waals surface area contributed by atoms with Crippen LogP contribution in [-0.2, 0) is 28.6 Å². The minimum Gasteiger partial charge on any atom is -0.465 e. The zero-order chi connectivity index (χ0) is 41.7. The molecule has 0 unspecified atom stereocenters. The monoisotopic (exact) mass is 954 g/mol. The first kappa shape index (κ1) is 65.4.